The Kier molecular flexibility index (Phi) is 4.52. The molecule has 158 valence electrons. The summed E-state index contributed by atoms with van der Waals surface area (Å²) in [5.41, 5.74) is 6.09. The summed E-state index contributed by atoms with van der Waals surface area (Å²) < 4.78 is 37.2. The number of nitrogens with one attached hydrogen (secondary N) is 1. The Bertz CT molecular complexity index is 979. The van der Waals surface area contributed by atoms with Crippen molar-refractivity contribution in [3.05, 3.63) is 17.8 Å². The quantitative estimate of drug-likeness (QED) is 0.654. The molecular formula is C19H26N4O5S. The van der Waals surface area contributed by atoms with Gasteiger partial charge in [0.25, 0.3) is 0 Å². The lowest BCUT2D eigenvalue weighted by atomic mass is 9.82. The highest BCUT2D eigenvalue weighted by molar-refractivity contribution is 7.94. The minimum absolute atomic E-state index is 0.148. The van der Waals surface area contributed by atoms with E-state index in [-0.39, 0.29) is 12.4 Å². The second-order valence-electron chi connectivity index (χ2n) is 8.78. The average molecular weight is 423 g/mol. The van der Waals surface area contributed by atoms with Crippen LogP contribution in [-0.4, -0.2) is 47.5 Å². The number of ether oxygens (including phenoxy) is 2. The number of carbonyl (C=O) groups is 1. The zero-order chi connectivity index (χ0) is 21.0. The Morgan fingerprint density at radius 1 is 1.38 bits per heavy atom. The van der Waals surface area contributed by atoms with E-state index in [2.05, 4.69) is 10.3 Å². The first-order chi connectivity index (χ1) is 13.5. The molecule has 1 aliphatic carbocycles. The van der Waals surface area contributed by atoms with E-state index in [0.29, 0.717) is 36.4 Å². The summed E-state index contributed by atoms with van der Waals surface area (Å²) in [6, 6.07) is 0.901. The first-order valence-corrected chi connectivity index (χ1v) is 11.3. The van der Waals surface area contributed by atoms with Crippen molar-refractivity contribution in [1.29, 1.82) is 0 Å². The molecule has 1 saturated carbocycles. The number of amides is 1. The van der Waals surface area contributed by atoms with Crippen molar-refractivity contribution < 1.29 is 22.7 Å². The van der Waals surface area contributed by atoms with Crippen LogP contribution in [0.5, 0.6) is 5.88 Å². The van der Waals surface area contributed by atoms with Crippen LogP contribution < -0.4 is 15.8 Å². The summed E-state index contributed by atoms with van der Waals surface area (Å²) in [5.74, 6) is 0.473. The number of pyridine rings is 1. The van der Waals surface area contributed by atoms with E-state index in [4.69, 9.17) is 20.2 Å². The van der Waals surface area contributed by atoms with Crippen LogP contribution in [0.15, 0.2) is 17.3 Å². The molecule has 9 nitrogen and oxygen atoms in total. The van der Waals surface area contributed by atoms with Gasteiger partial charge in [-0.05, 0) is 46.1 Å². The Hall–Kier alpha value is -2.36. The number of hydrogen-bond donors (Lipinski definition) is 2. The molecule has 1 aromatic rings. The fraction of sp³-hybridized carbons (Fsp3) is 0.632. The van der Waals surface area contributed by atoms with Crippen LogP contribution in [-0.2, 0) is 14.6 Å². The molecule has 0 radical (unpaired) electrons. The molecule has 2 atom stereocenters. The van der Waals surface area contributed by atoms with E-state index in [9.17, 15) is 13.2 Å². The minimum Gasteiger partial charge on any atom is -0.477 e. The summed E-state index contributed by atoms with van der Waals surface area (Å²) in [4.78, 5) is 21.4. The van der Waals surface area contributed by atoms with Crippen LogP contribution in [0.4, 0.5) is 10.5 Å². The highest BCUT2D eigenvalue weighted by atomic mass is 32.2. The highest BCUT2D eigenvalue weighted by Crippen LogP contribution is 2.51. The number of hydrogen-bond acceptors (Lipinski definition) is 8. The lowest BCUT2D eigenvalue weighted by molar-refractivity contribution is 0.0559. The normalized spacial score (nSPS) is 26.7. The largest absolute Gasteiger partial charge is 0.477 e. The molecular weight excluding hydrogens is 396 g/mol. The van der Waals surface area contributed by atoms with Crippen molar-refractivity contribution in [2.75, 3.05) is 12.3 Å². The molecule has 1 amide bonds. The molecule has 0 saturated heterocycles. The summed E-state index contributed by atoms with van der Waals surface area (Å²) in [5, 5.41) is 1.89. The zero-order valence-corrected chi connectivity index (χ0v) is 17.6. The Labute approximate surface area is 170 Å². The number of anilines is 1. The molecule has 10 heteroatoms. The second kappa shape index (κ2) is 6.58. The van der Waals surface area contributed by atoms with Crippen molar-refractivity contribution in [2.45, 2.75) is 68.1 Å². The van der Waals surface area contributed by atoms with Gasteiger partial charge >= 0.3 is 6.09 Å². The number of nitrogens with two attached hydrogens (primary N) is 1. The smallest absolute Gasteiger partial charge is 0.413 e. The standard InChI is InChI=1S/C19H26N4O5S/c1-18(2,3)28-17(24)23-16-19(6-4-7-19)29(25,26)13-5-8-27-15-12(14(13)22-16)9-11(20)10-21-15/h9-10,13-14H,4-8,20H2,1-3H3,(H,22,23,24). The van der Waals surface area contributed by atoms with Gasteiger partial charge in [0.1, 0.15) is 16.2 Å². The summed E-state index contributed by atoms with van der Waals surface area (Å²) in [7, 11) is -3.65. The molecule has 4 rings (SSSR count). The Morgan fingerprint density at radius 3 is 2.72 bits per heavy atom. The van der Waals surface area contributed by atoms with Gasteiger partial charge in [-0.25, -0.2) is 18.2 Å². The summed E-state index contributed by atoms with van der Waals surface area (Å²) in [6.45, 7) is 5.46. The molecule has 1 aromatic heterocycles. The van der Waals surface area contributed by atoms with E-state index in [1.807, 2.05) is 0 Å². The van der Waals surface area contributed by atoms with Gasteiger partial charge in [-0.2, -0.15) is 0 Å². The number of amidine groups is 1. The SMILES string of the molecule is CC(C)(C)OC(=O)NC1=NC2c3cc(N)cnc3OCCC2S(=O)(=O)C12CCC2. The maximum Gasteiger partial charge on any atom is 0.413 e. The molecule has 3 aliphatic rings. The molecule has 0 bridgehead atoms. The van der Waals surface area contributed by atoms with Crippen LogP contribution >= 0.6 is 0 Å². The van der Waals surface area contributed by atoms with Crippen molar-refractivity contribution >= 4 is 27.5 Å². The van der Waals surface area contributed by atoms with Gasteiger partial charge in [-0.3, -0.25) is 10.3 Å². The van der Waals surface area contributed by atoms with E-state index in [1.54, 1.807) is 26.8 Å². The number of carbonyl (C=O) groups excluding carboxylic acids is 1. The minimum atomic E-state index is -3.65. The molecule has 0 aromatic carbocycles. The fourth-order valence-corrected chi connectivity index (χ4v) is 6.94. The van der Waals surface area contributed by atoms with Gasteiger partial charge < -0.3 is 15.2 Å². The van der Waals surface area contributed by atoms with E-state index in [1.165, 1.54) is 6.20 Å². The van der Waals surface area contributed by atoms with Crippen LogP contribution in [0, 0.1) is 0 Å². The Balaban J connectivity index is 1.81. The average Bonchev–Trinajstić information content (AvgIpc) is 2.71. The zero-order valence-electron chi connectivity index (χ0n) is 16.8. The third-order valence-corrected chi connectivity index (χ3v) is 8.62. The van der Waals surface area contributed by atoms with Gasteiger partial charge in [0.05, 0.1) is 29.8 Å². The van der Waals surface area contributed by atoms with Gasteiger partial charge in [0.15, 0.2) is 9.84 Å². The number of aromatic nitrogens is 1. The van der Waals surface area contributed by atoms with Crippen molar-refractivity contribution in [3.63, 3.8) is 0 Å². The number of sulfone groups is 1. The molecule has 2 aliphatic heterocycles. The molecule has 1 fully saturated rings. The van der Waals surface area contributed by atoms with E-state index >= 15 is 0 Å². The molecule has 3 heterocycles. The van der Waals surface area contributed by atoms with Gasteiger partial charge in [0.2, 0.25) is 5.88 Å². The van der Waals surface area contributed by atoms with E-state index < -0.39 is 37.6 Å². The van der Waals surface area contributed by atoms with Crippen LogP contribution in [0.3, 0.4) is 0 Å². The number of alkyl carbamates (subject to hydrolysis) is 1. The third kappa shape index (κ3) is 3.23. The molecule has 2 unspecified atom stereocenters. The third-order valence-electron chi connectivity index (χ3n) is 5.64. The first kappa shape index (κ1) is 19.9. The van der Waals surface area contributed by atoms with Crippen LogP contribution in [0.1, 0.15) is 58.1 Å². The number of fused-ring (bicyclic) bond motifs is 3. The topological polar surface area (TPSA) is 133 Å². The summed E-state index contributed by atoms with van der Waals surface area (Å²) in [6.07, 6.45) is 2.66. The fourth-order valence-electron chi connectivity index (χ4n) is 4.17. The first-order valence-electron chi connectivity index (χ1n) is 9.73. The highest BCUT2D eigenvalue weighted by Gasteiger charge is 2.61. The Morgan fingerprint density at radius 2 is 2.10 bits per heavy atom. The van der Waals surface area contributed by atoms with E-state index in [0.717, 1.165) is 6.42 Å². The van der Waals surface area contributed by atoms with Gasteiger partial charge in [0, 0.05) is 12.0 Å². The number of aliphatic imine (C=N–C) groups is 1. The maximum absolute atomic E-state index is 13.7. The van der Waals surface area contributed by atoms with Crippen LogP contribution in [0.25, 0.3) is 0 Å². The molecule has 1 spiro atoms. The summed E-state index contributed by atoms with van der Waals surface area (Å²) >= 11 is 0. The predicted octanol–water partition coefficient (Wildman–Crippen LogP) is 2.13. The maximum atomic E-state index is 13.7. The number of nitrogen functional groups attached to an aromatic ring is 1. The molecule has 29 heavy (non-hydrogen) atoms. The van der Waals surface area contributed by atoms with Crippen molar-refractivity contribution in [3.8, 4) is 5.88 Å². The second-order valence-corrected chi connectivity index (χ2v) is 11.3. The molecule has 3 N–H and O–H groups in total. The number of nitrogens with zero attached hydrogens (tertiary/aromatic N) is 2. The monoisotopic (exact) mass is 422 g/mol. The predicted molar refractivity (Wildman–Crippen MR) is 108 cm³/mol. The van der Waals surface area contributed by atoms with Gasteiger partial charge in [-0.15, -0.1) is 0 Å². The van der Waals surface area contributed by atoms with Crippen LogP contribution in [0.2, 0.25) is 0 Å². The van der Waals surface area contributed by atoms with Crippen molar-refractivity contribution in [2.24, 2.45) is 4.99 Å². The number of rotatable bonds is 0. The van der Waals surface area contributed by atoms with Crippen molar-refractivity contribution in [1.82, 2.24) is 10.3 Å². The lowest BCUT2D eigenvalue weighted by Crippen LogP contribution is -2.64. The van der Waals surface area contributed by atoms with Gasteiger partial charge in [-0.1, -0.05) is 0 Å². The lowest BCUT2D eigenvalue weighted by Gasteiger charge is -2.47.